The summed E-state index contributed by atoms with van der Waals surface area (Å²) in [6.45, 7) is 3.00. The van der Waals surface area contributed by atoms with Gasteiger partial charge in [0.25, 0.3) is 0 Å². The van der Waals surface area contributed by atoms with Crippen molar-refractivity contribution in [3.63, 3.8) is 0 Å². The first-order valence-corrected chi connectivity index (χ1v) is 5.56. The van der Waals surface area contributed by atoms with Gasteiger partial charge < -0.3 is 9.64 Å². The maximum Gasteiger partial charge on any atom is 0.0978 e. The third-order valence-electron chi connectivity index (χ3n) is 3.70. The molecule has 0 radical (unpaired) electrons. The van der Waals surface area contributed by atoms with E-state index in [4.69, 9.17) is 4.74 Å². The van der Waals surface area contributed by atoms with Gasteiger partial charge in [0.1, 0.15) is 0 Å². The lowest BCUT2D eigenvalue weighted by atomic mass is 9.85. The van der Waals surface area contributed by atoms with Crippen molar-refractivity contribution in [3.05, 3.63) is 29.6 Å². The van der Waals surface area contributed by atoms with E-state index in [-0.39, 0.29) is 5.60 Å². The Bertz CT molecular complexity index is 370. The van der Waals surface area contributed by atoms with Crippen LogP contribution in [0.15, 0.2) is 18.5 Å². The summed E-state index contributed by atoms with van der Waals surface area (Å²) < 4.78 is 6.03. The van der Waals surface area contributed by atoms with Gasteiger partial charge in [-0.05, 0) is 31.5 Å². The van der Waals surface area contributed by atoms with Crippen LogP contribution in [0.1, 0.15) is 24.0 Å². The minimum atomic E-state index is -0.0178. The Morgan fingerprint density at radius 2 is 2.20 bits per heavy atom. The normalized spacial score (nSPS) is 24.3. The highest BCUT2D eigenvalue weighted by atomic mass is 16.5. The molecule has 1 spiro atoms. The summed E-state index contributed by atoms with van der Waals surface area (Å²) >= 11 is 0. The van der Waals surface area contributed by atoms with Gasteiger partial charge >= 0.3 is 0 Å². The molecule has 0 aliphatic carbocycles. The van der Waals surface area contributed by atoms with Gasteiger partial charge in [-0.1, -0.05) is 0 Å². The Balaban J connectivity index is 1.95. The summed E-state index contributed by atoms with van der Waals surface area (Å²) in [7, 11) is 2.17. The lowest BCUT2D eigenvalue weighted by Crippen LogP contribution is -2.40. The van der Waals surface area contributed by atoms with Crippen molar-refractivity contribution in [1.29, 1.82) is 0 Å². The molecular formula is C12H16N2O. The van der Waals surface area contributed by atoms with E-state index in [1.165, 1.54) is 11.1 Å². The van der Waals surface area contributed by atoms with Gasteiger partial charge in [-0.25, -0.2) is 0 Å². The number of pyridine rings is 1. The number of piperidine rings is 1. The Kier molecular flexibility index (Phi) is 2.04. The molecule has 2 aliphatic heterocycles. The number of hydrogen-bond donors (Lipinski definition) is 0. The molecule has 0 unspecified atom stereocenters. The van der Waals surface area contributed by atoms with E-state index in [1.807, 2.05) is 12.4 Å². The van der Waals surface area contributed by atoms with Gasteiger partial charge in [0.2, 0.25) is 0 Å². The molecule has 0 amide bonds. The Morgan fingerprint density at radius 3 is 3.00 bits per heavy atom. The fourth-order valence-electron chi connectivity index (χ4n) is 2.65. The molecule has 1 aromatic rings. The maximum atomic E-state index is 6.03. The maximum absolute atomic E-state index is 6.03. The van der Waals surface area contributed by atoms with E-state index in [0.29, 0.717) is 0 Å². The number of nitrogens with zero attached hydrogens (tertiary/aromatic N) is 2. The fraction of sp³-hybridized carbons (Fsp3) is 0.583. The van der Waals surface area contributed by atoms with Crippen LogP contribution in [-0.2, 0) is 16.9 Å². The zero-order valence-electron chi connectivity index (χ0n) is 9.07. The average Bonchev–Trinajstić information content (AvgIpc) is 2.63. The lowest BCUT2D eigenvalue weighted by molar-refractivity contribution is -0.0756. The summed E-state index contributed by atoms with van der Waals surface area (Å²) in [6, 6.07) is 2.09. The lowest BCUT2D eigenvalue weighted by Gasteiger charge is -2.37. The molecule has 3 heterocycles. The van der Waals surface area contributed by atoms with Crippen LogP contribution < -0.4 is 0 Å². The molecule has 0 bridgehead atoms. The number of aromatic nitrogens is 1. The third-order valence-corrected chi connectivity index (χ3v) is 3.70. The van der Waals surface area contributed by atoms with Crippen molar-refractivity contribution in [2.45, 2.75) is 25.0 Å². The number of rotatable bonds is 0. The smallest absolute Gasteiger partial charge is 0.0978 e. The molecule has 2 aliphatic rings. The van der Waals surface area contributed by atoms with Crippen molar-refractivity contribution >= 4 is 0 Å². The average molecular weight is 204 g/mol. The summed E-state index contributed by atoms with van der Waals surface area (Å²) in [5.74, 6) is 0. The van der Waals surface area contributed by atoms with Crippen LogP contribution >= 0.6 is 0 Å². The predicted molar refractivity (Wildman–Crippen MR) is 57.4 cm³/mol. The van der Waals surface area contributed by atoms with Crippen molar-refractivity contribution in [2.75, 3.05) is 20.1 Å². The molecule has 0 saturated carbocycles. The van der Waals surface area contributed by atoms with E-state index in [1.54, 1.807) is 0 Å². The van der Waals surface area contributed by atoms with Gasteiger partial charge in [-0.3, -0.25) is 4.98 Å². The molecule has 3 rings (SSSR count). The molecule has 0 aromatic carbocycles. The standard InChI is InChI=1S/C12H16N2O/c1-14-6-3-12(4-7-14)11-8-13-5-2-10(11)9-15-12/h2,5,8H,3-4,6-7,9H2,1H3. The second-order valence-corrected chi connectivity index (χ2v) is 4.62. The zero-order chi connectivity index (χ0) is 10.3. The van der Waals surface area contributed by atoms with E-state index in [0.717, 1.165) is 32.5 Å². The topological polar surface area (TPSA) is 25.4 Å². The van der Waals surface area contributed by atoms with Crippen molar-refractivity contribution in [1.82, 2.24) is 9.88 Å². The van der Waals surface area contributed by atoms with Crippen LogP contribution in [0.5, 0.6) is 0 Å². The fourth-order valence-corrected chi connectivity index (χ4v) is 2.65. The van der Waals surface area contributed by atoms with Gasteiger partial charge in [-0.2, -0.15) is 0 Å². The number of fused-ring (bicyclic) bond motifs is 2. The Labute approximate surface area is 90.1 Å². The molecule has 3 nitrogen and oxygen atoms in total. The molecule has 1 aromatic heterocycles. The van der Waals surface area contributed by atoms with E-state index in [9.17, 15) is 0 Å². The van der Waals surface area contributed by atoms with Crippen LogP contribution in [0.2, 0.25) is 0 Å². The molecule has 1 fully saturated rings. The molecule has 15 heavy (non-hydrogen) atoms. The van der Waals surface area contributed by atoms with E-state index in [2.05, 4.69) is 23.0 Å². The molecular weight excluding hydrogens is 188 g/mol. The summed E-state index contributed by atoms with van der Waals surface area (Å²) in [5.41, 5.74) is 2.64. The van der Waals surface area contributed by atoms with E-state index < -0.39 is 0 Å². The van der Waals surface area contributed by atoms with Gasteiger partial charge in [-0.15, -0.1) is 0 Å². The number of ether oxygens (including phenoxy) is 1. The van der Waals surface area contributed by atoms with Crippen molar-refractivity contribution in [2.24, 2.45) is 0 Å². The highest BCUT2D eigenvalue weighted by molar-refractivity contribution is 5.33. The second kappa shape index (κ2) is 3.29. The van der Waals surface area contributed by atoms with Gasteiger partial charge in [0, 0.05) is 31.0 Å². The summed E-state index contributed by atoms with van der Waals surface area (Å²) in [4.78, 5) is 6.60. The largest absolute Gasteiger partial charge is 0.365 e. The molecule has 3 heteroatoms. The highest BCUT2D eigenvalue weighted by Crippen LogP contribution is 2.43. The molecule has 1 saturated heterocycles. The minimum Gasteiger partial charge on any atom is -0.365 e. The monoisotopic (exact) mass is 204 g/mol. The van der Waals surface area contributed by atoms with Crippen molar-refractivity contribution in [3.8, 4) is 0 Å². The second-order valence-electron chi connectivity index (χ2n) is 4.62. The first-order valence-electron chi connectivity index (χ1n) is 5.56. The van der Waals surface area contributed by atoms with Crippen LogP contribution in [0.4, 0.5) is 0 Å². The van der Waals surface area contributed by atoms with E-state index >= 15 is 0 Å². The zero-order valence-corrected chi connectivity index (χ0v) is 9.07. The van der Waals surface area contributed by atoms with Crippen LogP contribution in [0, 0.1) is 0 Å². The Hall–Kier alpha value is -0.930. The van der Waals surface area contributed by atoms with Gasteiger partial charge in [0.05, 0.1) is 12.2 Å². The van der Waals surface area contributed by atoms with Crippen molar-refractivity contribution < 1.29 is 4.74 Å². The van der Waals surface area contributed by atoms with Gasteiger partial charge in [0.15, 0.2) is 0 Å². The first kappa shape index (κ1) is 9.31. The highest BCUT2D eigenvalue weighted by Gasteiger charge is 2.41. The Morgan fingerprint density at radius 1 is 1.40 bits per heavy atom. The molecule has 80 valence electrons. The summed E-state index contributed by atoms with van der Waals surface area (Å²) in [6.07, 6.45) is 6.05. The van der Waals surface area contributed by atoms with Crippen LogP contribution in [0.25, 0.3) is 0 Å². The van der Waals surface area contributed by atoms with Crippen LogP contribution in [-0.4, -0.2) is 30.0 Å². The quantitative estimate of drug-likeness (QED) is 0.641. The molecule has 0 N–H and O–H groups in total. The molecule has 0 atom stereocenters. The third kappa shape index (κ3) is 1.38. The predicted octanol–water partition coefficient (Wildman–Crippen LogP) is 1.53. The number of hydrogen-bond acceptors (Lipinski definition) is 3. The number of likely N-dealkylation sites (tertiary alicyclic amines) is 1. The first-order chi connectivity index (χ1) is 7.30. The SMILES string of the molecule is CN1CCC2(CC1)OCc1ccncc12. The summed E-state index contributed by atoms with van der Waals surface area (Å²) in [5, 5.41) is 0. The van der Waals surface area contributed by atoms with Crippen LogP contribution in [0.3, 0.4) is 0 Å². The minimum absolute atomic E-state index is 0.0178.